The molecule has 0 aliphatic heterocycles. The van der Waals surface area contributed by atoms with Crippen molar-refractivity contribution in [2.24, 2.45) is 0 Å². The first kappa shape index (κ1) is 31.8. The van der Waals surface area contributed by atoms with E-state index in [0.717, 1.165) is 66.4 Å². The van der Waals surface area contributed by atoms with Gasteiger partial charge in [-0.2, -0.15) is 9.97 Å². The minimum Gasteiger partial charge on any atom is -0.293 e. The highest BCUT2D eigenvalue weighted by atomic mass is 32.1. The van der Waals surface area contributed by atoms with E-state index in [-0.39, 0.29) is 0 Å². The SMILES string of the molecule is c1ccc(-c2nc(-c3ccccc3)nc(-n3c4ccccc4c4c3ccc3c5ccccc5n(-c5cccc(-c6ccc7sc8ccccc8c7c6)n5)c34)n2)cc1. The van der Waals surface area contributed by atoms with E-state index in [1.807, 2.05) is 72.0 Å². The zero-order chi connectivity index (χ0) is 37.5. The number of pyridine rings is 1. The molecule has 0 spiro atoms. The van der Waals surface area contributed by atoms with Crippen molar-refractivity contribution in [1.82, 2.24) is 29.1 Å². The van der Waals surface area contributed by atoms with Gasteiger partial charge in [0, 0.05) is 58.4 Å². The molecule has 0 fully saturated rings. The minimum atomic E-state index is 0.562. The Morgan fingerprint density at radius 2 is 1.00 bits per heavy atom. The topological polar surface area (TPSA) is 61.4 Å². The Bertz CT molecular complexity index is 3470. The zero-order valence-electron chi connectivity index (χ0n) is 30.4. The van der Waals surface area contributed by atoms with Gasteiger partial charge in [-0.05, 0) is 48.5 Å². The van der Waals surface area contributed by atoms with Crippen molar-refractivity contribution in [2.75, 3.05) is 0 Å². The van der Waals surface area contributed by atoms with Gasteiger partial charge in [0.15, 0.2) is 11.6 Å². The number of aromatic nitrogens is 6. The molecule has 57 heavy (non-hydrogen) atoms. The molecule has 7 heteroatoms. The number of thiophene rings is 1. The van der Waals surface area contributed by atoms with E-state index in [2.05, 4.69) is 130 Å². The lowest BCUT2D eigenvalue weighted by Crippen LogP contribution is -2.06. The van der Waals surface area contributed by atoms with Crippen LogP contribution in [-0.4, -0.2) is 29.1 Å². The van der Waals surface area contributed by atoms with Crippen molar-refractivity contribution >= 4 is 75.1 Å². The van der Waals surface area contributed by atoms with Gasteiger partial charge in [0.2, 0.25) is 5.95 Å². The smallest absolute Gasteiger partial charge is 0.238 e. The number of nitrogens with zero attached hydrogens (tertiary/aromatic N) is 6. The first-order valence-electron chi connectivity index (χ1n) is 19.0. The standard InChI is InChI=1S/C50H30N6S/c1-3-14-31(15-4-1)48-52-49(32-16-5-2-6-17-32)54-50(53-48)55-41-23-11-8-20-37(41)46-42(55)28-27-36-34-18-7-10-22-40(34)56(47(36)46)45-25-13-21-39(51-45)33-26-29-44-38(30-33)35-19-9-12-24-43(35)57-44/h1-30H. The molecule has 0 aliphatic rings. The van der Waals surface area contributed by atoms with Gasteiger partial charge in [-0.3, -0.25) is 9.13 Å². The second-order valence-corrected chi connectivity index (χ2v) is 15.3. The molecule has 0 saturated heterocycles. The maximum absolute atomic E-state index is 5.43. The van der Waals surface area contributed by atoms with Crippen molar-refractivity contribution in [2.45, 2.75) is 0 Å². The van der Waals surface area contributed by atoms with Gasteiger partial charge >= 0.3 is 0 Å². The third-order valence-corrected chi connectivity index (χ3v) is 12.1. The Morgan fingerprint density at radius 1 is 0.368 bits per heavy atom. The van der Waals surface area contributed by atoms with Gasteiger partial charge in [0.05, 0.1) is 27.8 Å². The Kier molecular flexibility index (Phi) is 7.00. The summed E-state index contributed by atoms with van der Waals surface area (Å²) in [5, 5.41) is 7.08. The number of hydrogen-bond donors (Lipinski definition) is 0. The van der Waals surface area contributed by atoms with E-state index in [0.29, 0.717) is 17.6 Å². The van der Waals surface area contributed by atoms with Crippen LogP contribution in [0.2, 0.25) is 0 Å². The fourth-order valence-corrected chi connectivity index (χ4v) is 9.54. The largest absolute Gasteiger partial charge is 0.293 e. The molecule has 0 bridgehead atoms. The molecule has 12 aromatic rings. The van der Waals surface area contributed by atoms with Crippen LogP contribution >= 0.6 is 11.3 Å². The molecule has 5 aromatic heterocycles. The van der Waals surface area contributed by atoms with E-state index in [1.165, 1.54) is 25.6 Å². The van der Waals surface area contributed by atoms with Crippen LogP contribution in [0.4, 0.5) is 0 Å². The predicted octanol–water partition coefficient (Wildman–Crippen LogP) is 12.8. The summed E-state index contributed by atoms with van der Waals surface area (Å²) in [7, 11) is 0. The summed E-state index contributed by atoms with van der Waals surface area (Å²) >= 11 is 1.83. The second kappa shape index (κ2) is 12.5. The number of hydrogen-bond acceptors (Lipinski definition) is 5. The highest BCUT2D eigenvalue weighted by molar-refractivity contribution is 7.25. The average Bonchev–Trinajstić information content (AvgIpc) is 3.94. The van der Waals surface area contributed by atoms with Crippen molar-refractivity contribution in [1.29, 1.82) is 0 Å². The van der Waals surface area contributed by atoms with Crippen molar-refractivity contribution in [3.8, 4) is 45.8 Å². The molecule has 0 saturated carbocycles. The Morgan fingerprint density at radius 3 is 1.75 bits per heavy atom. The van der Waals surface area contributed by atoms with E-state index in [9.17, 15) is 0 Å². The summed E-state index contributed by atoms with van der Waals surface area (Å²) < 4.78 is 7.10. The Hall–Kier alpha value is -7.48. The molecule has 0 amide bonds. The van der Waals surface area contributed by atoms with Gasteiger partial charge in [-0.15, -0.1) is 11.3 Å². The number of para-hydroxylation sites is 2. The normalized spacial score (nSPS) is 11.9. The Labute approximate surface area is 330 Å². The molecule has 0 unspecified atom stereocenters. The molecule has 0 radical (unpaired) electrons. The zero-order valence-corrected chi connectivity index (χ0v) is 31.2. The first-order chi connectivity index (χ1) is 28.3. The van der Waals surface area contributed by atoms with Gasteiger partial charge < -0.3 is 0 Å². The van der Waals surface area contributed by atoms with E-state index in [1.54, 1.807) is 0 Å². The monoisotopic (exact) mass is 746 g/mol. The highest BCUT2D eigenvalue weighted by Gasteiger charge is 2.23. The minimum absolute atomic E-state index is 0.562. The number of fused-ring (bicyclic) bond motifs is 10. The lowest BCUT2D eigenvalue weighted by Gasteiger charge is -2.11. The fourth-order valence-electron chi connectivity index (χ4n) is 8.45. The number of benzene rings is 7. The molecule has 6 nitrogen and oxygen atoms in total. The van der Waals surface area contributed by atoms with Crippen LogP contribution in [0.5, 0.6) is 0 Å². The molecule has 266 valence electrons. The van der Waals surface area contributed by atoms with Crippen molar-refractivity contribution < 1.29 is 0 Å². The third-order valence-electron chi connectivity index (χ3n) is 11.0. The quantitative estimate of drug-likeness (QED) is 0.176. The second-order valence-electron chi connectivity index (χ2n) is 14.3. The molecule has 0 atom stereocenters. The summed E-state index contributed by atoms with van der Waals surface area (Å²) in [6.45, 7) is 0. The predicted molar refractivity (Wildman–Crippen MR) is 235 cm³/mol. The van der Waals surface area contributed by atoms with Crippen LogP contribution in [0.1, 0.15) is 0 Å². The maximum Gasteiger partial charge on any atom is 0.238 e. The molecule has 5 heterocycles. The summed E-state index contributed by atoms with van der Waals surface area (Å²) in [5.41, 5.74) is 8.08. The van der Waals surface area contributed by atoms with E-state index < -0.39 is 0 Å². The van der Waals surface area contributed by atoms with E-state index >= 15 is 0 Å². The third kappa shape index (κ3) is 4.96. The van der Waals surface area contributed by atoms with Gasteiger partial charge in [0.1, 0.15) is 5.82 Å². The molecular weight excluding hydrogens is 717 g/mol. The average molecular weight is 747 g/mol. The molecule has 0 aliphatic carbocycles. The van der Waals surface area contributed by atoms with Gasteiger partial charge in [-0.1, -0.05) is 133 Å². The van der Waals surface area contributed by atoms with Crippen molar-refractivity contribution in [3.05, 3.63) is 182 Å². The highest BCUT2D eigenvalue weighted by Crippen LogP contribution is 2.42. The van der Waals surface area contributed by atoms with Crippen LogP contribution in [0.3, 0.4) is 0 Å². The number of rotatable bonds is 5. The van der Waals surface area contributed by atoms with E-state index in [4.69, 9.17) is 19.9 Å². The van der Waals surface area contributed by atoms with Crippen LogP contribution < -0.4 is 0 Å². The van der Waals surface area contributed by atoms with Gasteiger partial charge in [0.25, 0.3) is 0 Å². The van der Waals surface area contributed by atoms with Crippen LogP contribution in [-0.2, 0) is 0 Å². The Balaban J connectivity index is 1.13. The first-order valence-corrected chi connectivity index (χ1v) is 19.8. The van der Waals surface area contributed by atoms with Crippen LogP contribution in [0.15, 0.2) is 182 Å². The van der Waals surface area contributed by atoms with Crippen LogP contribution in [0, 0.1) is 0 Å². The maximum atomic E-state index is 5.43. The van der Waals surface area contributed by atoms with Crippen molar-refractivity contribution in [3.63, 3.8) is 0 Å². The summed E-state index contributed by atoms with van der Waals surface area (Å²) in [5.74, 6) is 2.66. The van der Waals surface area contributed by atoms with Crippen LogP contribution in [0.25, 0.3) is 110 Å². The summed E-state index contributed by atoms with van der Waals surface area (Å²) in [4.78, 5) is 20.8. The lowest BCUT2D eigenvalue weighted by atomic mass is 10.1. The molecule has 0 N–H and O–H groups in total. The summed E-state index contributed by atoms with van der Waals surface area (Å²) in [6.07, 6.45) is 0. The molecular formula is C50H30N6S. The lowest BCUT2D eigenvalue weighted by molar-refractivity contribution is 0.953. The molecule has 7 aromatic carbocycles. The van der Waals surface area contributed by atoms with Gasteiger partial charge in [-0.25, -0.2) is 9.97 Å². The molecule has 12 rings (SSSR count). The fraction of sp³-hybridized carbons (Fsp3) is 0. The summed E-state index contributed by atoms with van der Waals surface area (Å²) in [6, 6.07) is 63.6.